The van der Waals surface area contributed by atoms with Gasteiger partial charge in [-0.1, -0.05) is 0 Å². The molecule has 0 aliphatic carbocycles. The normalized spacial score (nSPS) is 23.5. The number of aromatic nitrogens is 2. The second-order valence-corrected chi connectivity index (χ2v) is 5.31. The lowest BCUT2D eigenvalue weighted by Gasteiger charge is -2.20. The van der Waals surface area contributed by atoms with Crippen molar-refractivity contribution in [3.63, 3.8) is 0 Å². The third-order valence-electron chi connectivity index (χ3n) is 3.35. The zero-order valence-electron chi connectivity index (χ0n) is 13.0. The van der Waals surface area contributed by atoms with Crippen LogP contribution in [0.3, 0.4) is 0 Å². The Hall–Kier alpha value is -2.42. The number of aryl methyl sites for hydroxylation is 1. The standard InChI is InChI=1S/C14H18N2O7/c1-7-5-16(14(20)15-12(7)19)13-11(22-9(3)18)4-10(23-13)6-21-8(2)17/h5,10-11,13H,4,6H2,1-3H3,(H,15,19,20)/t10-,11+,13-/m0/s1. The highest BCUT2D eigenvalue weighted by Gasteiger charge is 2.40. The molecule has 1 aliphatic heterocycles. The van der Waals surface area contributed by atoms with Crippen LogP contribution in [0.25, 0.3) is 0 Å². The fourth-order valence-corrected chi connectivity index (χ4v) is 2.37. The van der Waals surface area contributed by atoms with Gasteiger partial charge in [-0.15, -0.1) is 0 Å². The van der Waals surface area contributed by atoms with Crippen LogP contribution in [0.2, 0.25) is 0 Å². The van der Waals surface area contributed by atoms with E-state index in [-0.39, 0.29) is 13.0 Å². The molecule has 9 heteroatoms. The number of aromatic amines is 1. The lowest BCUT2D eigenvalue weighted by Crippen LogP contribution is -2.37. The average molecular weight is 326 g/mol. The summed E-state index contributed by atoms with van der Waals surface area (Å²) in [5, 5.41) is 0. The van der Waals surface area contributed by atoms with Gasteiger partial charge in [0, 0.05) is 32.0 Å². The summed E-state index contributed by atoms with van der Waals surface area (Å²) in [7, 11) is 0. The van der Waals surface area contributed by atoms with Crippen molar-refractivity contribution in [2.75, 3.05) is 6.61 Å². The van der Waals surface area contributed by atoms with Crippen molar-refractivity contribution in [2.24, 2.45) is 0 Å². The number of esters is 2. The Morgan fingerprint density at radius 3 is 2.65 bits per heavy atom. The fraction of sp³-hybridized carbons (Fsp3) is 0.571. The summed E-state index contributed by atoms with van der Waals surface area (Å²) in [5.41, 5.74) is -0.848. The molecule has 1 saturated heterocycles. The minimum atomic E-state index is -0.900. The van der Waals surface area contributed by atoms with E-state index < -0.39 is 41.6 Å². The zero-order valence-corrected chi connectivity index (χ0v) is 13.0. The number of H-pyrrole nitrogens is 1. The van der Waals surface area contributed by atoms with Crippen LogP contribution in [-0.4, -0.2) is 40.3 Å². The Morgan fingerprint density at radius 1 is 1.35 bits per heavy atom. The third-order valence-corrected chi connectivity index (χ3v) is 3.35. The number of nitrogens with zero attached hydrogens (tertiary/aromatic N) is 1. The molecule has 0 radical (unpaired) electrons. The van der Waals surface area contributed by atoms with E-state index in [1.54, 1.807) is 6.92 Å². The van der Waals surface area contributed by atoms with Crippen LogP contribution in [0.15, 0.2) is 15.8 Å². The lowest BCUT2D eigenvalue weighted by molar-refractivity contribution is -0.153. The summed E-state index contributed by atoms with van der Waals surface area (Å²) in [6.07, 6.45) is -0.537. The van der Waals surface area contributed by atoms with E-state index >= 15 is 0 Å². The Morgan fingerprint density at radius 2 is 2.04 bits per heavy atom. The first-order chi connectivity index (χ1) is 10.8. The molecular weight excluding hydrogens is 308 g/mol. The summed E-state index contributed by atoms with van der Waals surface area (Å²) in [4.78, 5) is 47.7. The van der Waals surface area contributed by atoms with Gasteiger partial charge in [-0.25, -0.2) is 4.79 Å². The number of hydrogen-bond donors (Lipinski definition) is 1. The molecule has 2 heterocycles. The second kappa shape index (κ2) is 6.78. The zero-order chi connectivity index (χ0) is 17.1. The third kappa shape index (κ3) is 4.07. The van der Waals surface area contributed by atoms with Gasteiger partial charge in [0.15, 0.2) is 6.23 Å². The molecule has 0 spiro atoms. The molecule has 0 aromatic carbocycles. The Kier molecular flexibility index (Phi) is 4.99. The van der Waals surface area contributed by atoms with Crippen molar-refractivity contribution >= 4 is 11.9 Å². The van der Waals surface area contributed by atoms with Gasteiger partial charge in [0.2, 0.25) is 0 Å². The van der Waals surface area contributed by atoms with Gasteiger partial charge in [0.05, 0.1) is 6.10 Å². The van der Waals surface area contributed by atoms with Gasteiger partial charge in [-0.3, -0.25) is 23.9 Å². The molecule has 1 aliphatic rings. The minimum absolute atomic E-state index is 0.0132. The van der Waals surface area contributed by atoms with Crippen molar-refractivity contribution in [2.45, 2.75) is 45.6 Å². The van der Waals surface area contributed by atoms with Crippen LogP contribution in [-0.2, 0) is 23.8 Å². The van der Waals surface area contributed by atoms with Crippen molar-refractivity contribution in [1.29, 1.82) is 0 Å². The van der Waals surface area contributed by atoms with Crippen molar-refractivity contribution in [3.8, 4) is 0 Å². The van der Waals surface area contributed by atoms with Crippen LogP contribution in [0.1, 0.15) is 32.1 Å². The predicted octanol–water partition coefficient (Wildman–Crippen LogP) is -0.373. The Labute approximate surface area is 131 Å². The molecule has 1 fully saturated rings. The van der Waals surface area contributed by atoms with Crippen LogP contribution in [0.5, 0.6) is 0 Å². The summed E-state index contributed by atoms with van der Waals surface area (Å²) in [6.45, 7) is 4.05. The number of hydrogen-bond acceptors (Lipinski definition) is 7. The average Bonchev–Trinajstić information content (AvgIpc) is 2.82. The maximum atomic E-state index is 12.0. The molecular formula is C14H18N2O7. The molecule has 1 aromatic rings. The first-order valence-electron chi connectivity index (χ1n) is 7.06. The number of ether oxygens (including phenoxy) is 3. The van der Waals surface area contributed by atoms with E-state index in [9.17, 15) is 19.2 Å². The van der Waals surface area contributed by atoms with Crippen molar-refractivity contribution in [1.82, 2.24) is 9.55 Å². The smallest absolute Gasteiger partial charge is 0.330 e. The van der Waals surface area contributed by atoms with Crippen molar-refractivity contribution < 1.29 is 23.8 Å². The highest BCUT2D eigenvalue weighted by molar-refractivity contribution is 5.66. The minimum Gasteiger partial charge on any atom is -0.463 e. The molecule has 2 rings (SSSR count). The fourth-order valence-electron chi connectivity index (χ4n) is 2.37. The molecule has 1 aromatic heterocycles. The number of carbonyl (C=O) groups is 2. The molecule has 0 bridgehead atoms. The van der Waals surface area contributed by atoms with Gasteiger partial charge < -0.3 is 14.2 Å². The maximum Gasteiger partial charge on any atom is 0.330 e. The van der Waals surface area contributed by atoms with Crippen LogP contribution in [0.4, 0.5) is 0 Å². The molecule has 0 amide bonds. The first kappa shape index (κ1) is 16.9. The molecule has 0 saturated carbocycles. The quantitative estimate of drug-likeness (QED) is 0.750. The number of rotatable bonds is 4. The van der Waals surface area contributed by atoms with E-state index in [0.29, 0.717) is 5.56 Å². The maximum absolute atomic E-state index is 12.0. The second-order valence-electron chi connectivity index (χ2n) is 5.31. The van der Waals surface area contributed by atoms with E-state index in [2.05, 4.69) is 4.98 Å². The largest absolute Gasteiger partial charge is 0.463 e. The van der Waals surface area contributed by atoms with Crippen LogP contribution >= 0.6 is 0 Å². The van der Waals surface area contributed by atoms with Crippen LogP contribution < -0.4 is 11.2 Å². The monoisotopic (exact) mass is 326 g/mol. The summed E-state index contributed by atoms with van der Waals surface area (Å²) < 4.78 is 16.9. The van der Waals surface area contributed by atoms with Crippen LogP contribution in [0, 0.1) is 6.92 Å². The van der Waals surface area contributed by atoms with Gasteiger partial charge in [0.1, 0.15) is 12.7 Å². The first-order valence-corrected chi connectivity index (χ1v) is 7.06. The topological polar surface area (TPSA) is 117 Å². The molecule has 126 valence electrons. The molecule has 23 heavy (non-hydrogen) atoms. The van der Waals surface area contributed by atoms with Gasteiger partial charge in [-0.2, -0.15) is 0 Å². The summed E-state index contributed by atoms with van der Waals surface area (Å²) in [6, 6.07) is 0. The number of carbonyl (C=O) groups excluding carboxylic acids is 2. The molecule has 0 unspecified atom stereocenters. The summed E-state index contributed by atoms with van der Waals surface area (Å²) >= 11 is 0. The molecule has 1 N–H and O–H groups in total. The Bertz CT molecular complexity index is 721. The van der Waals surface area contributed by atoms with E-state index in [0.717, 1.165) is 4.57 Å². The van der Waals surface area contributed by atoms with Gasteiger partial charge >= 0.3 is 17.6 Å². The summed E-state index contributed by atoms with van der Waals surface area (Å²) in [5.74, 6) is -0.982. The molecule has 9 nitrogen and oxygen atoms in total. The van der Waals surface area contributed by atoms with E-state index in [4.69, 9.17) is 14.2 Å². The van der Waals surface area contributed by atoms with E-state index in [1.165, 1.54) is 20.0 Å². The lowest BCUT2D eigenvalue weighted by atomic mass is 10.2. The van der Waals surface area contributed by atoms with Gasteiger partial charge in [-0.05, 0) is 6.92 Å². The highest BCUT2D eigenvalue weighted by Crippen LogP contribution is 2.30. The number of nitrogens with one attached hydrogen (secondary N) is 1. The predicted molar refractivity (Wildman–Crippen MR) is 76.8 cm³/mol. The van der Waals surface area contributed by atoms with Gasteiger partial charge in [0.25, 0.3) is 5.56 Å². The van der Waals surface area contributed by atoms with E-state index in [1.807, 2.05) is 0 Å². The Balaban J connectivity index is 2.27. The molecule has 3 atom stereocenters. The highest BCUT2D eigenvalue weighted by atomic mass is 16.6. The van der Waals surface area contributed by atoms with Crippen molar-refractivity contribution in [3.05, 3.63) is 32.6 Å². The SMILES string of the molecule is CC(=O)OC[C@@H]1C[C@@H](OC(C)=O)[C@@H](n2cc(C)c(=O)[nH]c2=O)O1.